The van der Waals surface area contributed by atoms with Crippen LogP contribution in [0.3, 0.4) is 0 Å². The smallest absolute Gasteiger partial charge is 0.387 e. The lowest BCUT2D eigenvalue weighted by Crippen LogP contribution is -2.27. The van der Waals surface area contributed by atoms with Crippen molar-refractivity contribution in [2.45, 2.75) is 13.0 Å². The number of hydrogen-bond donors (Lipinski definition) is 1. The van der Waals surface area contributed by atoms with Gasteiger partial charge in [-0.1, -0.05) is 0 Å². The summed E-state index contributed by atoms with van der Waals surface area (Å²) < 4.78 is 33.7. The molecule has 0 atom stereocenters. The minimum atomic E-state index is -2.94. The molecule has 21 heavy (non-hydrogen) atoms. The third-order valence-electron chi connectivity index (χ3n) is 2.71. The van der Waals surface area contributed by atoms with Gasteiger partial charge in [-0.05, 0) is 45.3 Å². The van der Waals surface area contributed by atoms with Crippen LogP contribution in [-0.2, 0) is 0 Å². The van der Waals surface area contributed by atoms with E-state index >= 15 is 0 Å². The predicted molar refractivity (Wildman–Crippen MR) is 75.1 cm³/mol. The van der Waals surface area contributed by atoms with Crippen LogP contribution >= 0.6 is 0 Å². The predicted octanol–water partition coefficient (Wildman–Crippen LogP) is 1.98. The normalized spacial score (nSPS) is 10.8. The molecule has 0 spiro atoms. The van der Waals surface area contributed by atoms with Gasteiger partial charge in [-0.15, -0.1) is 0 Å². The van der Waals surface area contributed by atoms with Crippen molar-refractivity contribution in [3.05, 3.63) is 23.8 Å². The highest BCUT2D eigenvalue weighted by Crippen LogP contribution is 2.29. The zero-order valence-electron chi connectivity index (χ0n) is 12.4. The number of alkyl halides is 2. The fraction of sp³-hybridized carbons (Fsp3) is 0.500. The Hall–Kier alpha value is -1.89. The number of methoxy groups -OCH3 is 1. The molecule has 0 saturated heterocycles. The topological polar surface area (TPSA) is 50.8 Å². The number of nitrogens with one attached hydrogen (secondary N) is 1. The third-order valence-corrected chi connectivity index (χ3v) is 2.71. The number of rotatable bonds is 8. The first-order valence-electron chi connectivity index (χ1n) is 6.50. The van der Waals surface area contributed by atoms with Crippen LogP contribution < -0.4 is 14.8 Å². The average molecular weight is 302 g/mol. The Labute approximate surface area is 122 Å². The maximum Gasteiger partial charge on any atom is 0.387 e. The second-order valence-corrected chi connectivity index (χ2v) is 4.66. The van der Waals surface area contributed by atoms with E-state index in [1.54, 1.807) is 0 Å². The molecule has 0 saturated carbocycles. The molecule has 0 fully saturated rings. The van der Waals surface area contributed by atoms with Crippen LogP contribution in [0.15, 0.2) is 18.2 Å². The molecule has 1 aromatic carbocycles. The molecule has 0 heterocycles. The van der Waals surface area contributed by atoms with Crippen LogP contribution in [0.2, 0.25) is 0 Å². The standard InChI is InChI=1S/C14H20F2N2O3/c1-18(2)8-4-7-17-13(19)10-5-6-11(21-14(15)16)12(9-10)20-3/h5-6,9,14H,4,7-8H2,1-3H3,(H,17,19). The van der Waals surface area contributed by atoms with E-state index in [9.17, 15) is 13.6 Å². The molecule has 1 amide bonds. The molecular formula is C14H20F2N2O3. The third kappa shape index (κ3) is 5.95. The lowest BCUT2D eigenvalue weighted by Gasteiger charge is -2.12. The van der Waals surface area contributed by atoms with Gasteiger partial charge in [0.1, 0.15) is 0 Å². The minimum absolute atomic E-state index is 0.0937. The number of halogens is 2. The highest BCUT2D eigenvalue weighted by molar-refractivity contribution is 5.94. The summed E-state index contributed by atoms with van der Waals surface area (Å²) in [5, 5.41) is 2.76. The van der Waals surface area contributed by atoms with Crippen molar-refractivity contribution in [1.29, 1.82) is 0 Å². The maximum absolute atomic E-state index is 12.2. The fourth-order valence-electron chi connectivity index (χ4n) is 1.70. The first-order valence-corrected chi connectivity index (χ1v) is 6.50. The van der Waals surface area contributed by atoms with Gasteiger partial charge < -0.3 is 19.7 Å². The van der Waals surface area contributed by atoms with E-state index in [-0.39, 0.29) is 17.4 Å². The molecule has 0 radical (unpaired) electrons. The Morgan fingerprint density at radius 3 is 2.62 bits per heavy atom. The van der Waals surface area contributed by atoms with Crippen molar-refractivity contribution in [3.8, 4) is 11.5 Å². The molecule has 1 rings (SSSR count). The summed E-state index contributed by atoms with van der Waals surface area (Å²) >= 11 is 0. The monoisotopic (exact) mass is 302 g/mol. The Bertz CT molecular complexity index is 468. The second kappa shape index (κ2) is 8.41. The Kier molecular flexibility index (Phi) is 6.87. The van der Waals surface area contributed by atoms with E-state index in [0.717, 1.165) is 13.0 Å². The first kappa shape index (κ1) is 17.2. The van der Waals surface area contributed by atoms with E-state index in [0.29, 0.717) is 12.1 Å². The van der Waals surface area contributed by atoms with Crippen LogP contribution in [0.25, 0.3) is 0 Å². The second-order valence-electron chi connectivity index (χ2n) is 4.66. The van der Waals surface area contributed by atoms with Gasteiger partial charge in [0.05, 0.1) is 7.11 Å². The lowest BCUT2D eigenvalue weighted by atomic mass is 10.2. The number of hydrogen-bond acceptors (Lipinski definition) is 4. The zero-order valence-corrected chi connectivity index (χ0v) is 12.4. The van der Waals surface area contributed by atoms with Crippen molar-refractivity contribution < 1.29 is 23.0 Å². The molecule has 118 valence electrons. The van der Waals surface area contributed by atoms with Crippen LogP contribution in [0.1, 0.15) is 16.8 Å². The average Bonchev–Trinajstić information content (AvgIpc) is 2.43. The Morgan fingerprint density at radius 1 is 1.33 bits per heavy atom. The van der Waals surface area contributed by atoms with E-state index in [4.69, 9.17) is 4.74 Å². The highest BCUT2D eigenvalue weighted by atomic mass is 19.3. The van der Waals surface area contributed by atoms with E-state index in [2.05, 4.69) is 10.1 Å². The summed E-state index contributed by atoms with van der Waals surface area (Å²) in [6, 6.07) is 4.08. The molecular weight excluding hydrogens is 282 g/mol. The van der Waals surface area contributed by atoms with Gasteiger partial charge in [0.25, 0.3) is 5.91 Å². The van der Waals surface area contributed by atoms with Gasteiger partial charge in [0, 0.05) is 12.1 Å². The summed E-state index contributed by atoms with van der Waals surface area (Å²) in [7, 11) is 5.23. The summed E-state index contributed by atoms with van der Waals surface area (Å²) in [6.45, 7) is -1.54. The van der Waals surface area contributed by atoms with Gasteiger partial charge >= 0.3 is 6.61 Å². The van der Waals surface area contributed by atoms with Crippen LogP contribution in [0.5, 0.6) is 11.5 Å². The largest absolute Gasteiger partial charge is 0.493 e. The number of carbonyl (C=O) groups is 1. The van der Waals surface area contributed by atoms with Crippen molar-refractivity contribution in [2.24, 2.45) is 0 Å². The number of ether oxygens (including phenoxy) is 2. The summed E-state index contributed by atoms with van der Waals surface area (Å²) in [5.41, 5.74) is 0.332. The molecule has 0 aliphatic heterocycles. The van der Waals surface area contributed by atoms with Crippen molar-refractivity contribution in [1.82, 2.24) is 10.2 Å². The lowest BCUT2D eigenvalue weighted by molar-refractivity contribution is -0.0512. The molecule has 1 N–H and O–H groups in total. The first-order chi connectivity index (χ1) is 9.93. The fourth-order valence-corrected chi connectivity index (χ4v) is 1.70. The van der Waals surface area contributed by atoms with Crippen molar-refractivity contribution in [2.75, 3.05) is 34.3 Å². The molecule has 5 nitrogen and oxygen atoms in total. The highest BCUT2D eigenvalue weighted by Gasteiger charge is 2.13. The summed E-state index contributed by atoms with van der Waals surface area (Å²) in [6.07, 6.45) is 0.822. The maximum atomic E-state index is 12.2. The van der Waals surface area contributed by atoms with Gasteiger partial charge in [-0.25, -0.2) is 0 Å². The molecule has 0 aliphatic carbocycles. The number of amides is 1. The van der Waals surface area contributed by atoms with Gasteiger partial charge in [-0.2, -0.15) is 8.78 Å². The summed E-state index contributed by atoms with van der Waals surface area (Å²) in [5.74, 6) is -0.288. The van der Waals surface area contributed by atoms with E-state index in [1.165, 1.54) is 25.3 Å². The molecule has 0 bridgehead atoms. The summed E-state index contributed by atoms with van der Waals surface area (Å²) in [4.78, 5) is 13.9. The van der Waals surface area contributed by atoms with Gasteiger partial charge in [-0.3, -0.25) is 4.79 Å². The number of benzene rings is 1. The number of carbonyl (C=O) groups excluding carboxylic acids is 1. The Balaban J connectivity index is 2.64. The SMILES string of the molecule is COc1cc(C(=O)NCCCN(C)C)ccc1OC(F)F. The van der Waals surface area contributed by atoms with E-state index in [1.807, 2.05) is 19.0 Å². The van der Waals surface area contributed by atoms with Gasteiger partial charge in [0.2, 0.25) is 0 Å². The zero-order chi connectivity index (χ0) is 15.8. The minimum Gasteiger partial charge on any atom is -0.493 e. The molecule has 0 aliphatic rings. The van der Waals surface area contributed by atoms with E-state index < -0.39 is 6.61 Å². The Morgan fingerprint density at radius 2 is 2.05 bits per heavy atom. The van der Waals surface area contributed by atoms with Gasteiger partial charge in [0.15, 0.2) is 11.5 Å². The molecule has 0 aromatic heterocycles. The quantitative estimate of drug-likeness (QED) is 0.746. The number of nitrogens with zero attached hydrogens (tertiary/aromatic N) is 1. The van der Waals surface area contributed by atoms with Crippen LogP contribution in [0.4, 0.5) is 8.78 Å². The van der Waals surface area contributed by atoms with Crippen molar-refractivity contribution >= 4 is 5.91 Å². The molecule has 1 aromatic rings. The molecule has 7 heteroatoms. The molecule has 0 unspecified atom stereocenters. The van der Waals surface area contributed by atoms with Crippen LogP contribution in [0, 0.1) is 0 Å². The van der Waals surface area contributed by atoms with Crippen LogP contribution in [-0.4, -0.2) is 51.7 Å². The van der Waals surface area contributed by atoms with Crippen molar-refractivity contribution in [3.63, 3.8) is 0 Å².